The van der Waals surface area contributed by atoms with Crippen LogP contribution in [0, 0.1) is 6.92 Å². The lowest BCUT2D eigenvalue weighted by Gasteiger charge is -2.17. The number of aryl methyl sites for hydroxylation is 1. The number of carbonyl (C=O) groups is 1. The van der Waals surface area contributed by atoms with Gasteiger partial charge < -0.3 is 9.84 Å². The number of benzene rings is 3. The second-order valence-corrected chi connectivity index (χ2v) is 9.10. The third kappa shape index (κ3) is 5.82. The molecule has 0 unspecified atom stereocenters. The molecular formula is C24H22F3NO5S. The van der Waals surface area contributed by atoms with E-state index in [1.807, 2.05) is 0 Å². The van der Waals surface area contributed by atoms with Gasteiger partial charge in [-0.3, -0.25) is 4.79 Å². The molecule has 0 aliphatic heterocycles. The maximum atomic E-state index is 13.5. The summed E-state index contributed by atoms with van der Waals surface area (Å²) in [6.45, 7) is 1.02. The first-order chi connectivity index (χ1) is 15.9. The van der Waals surface area contributed by atoms with E-state index in [1.54, 1.807) is 6.92 Å². The summed E-state index contributed by atoms with van der Waals surface area (Å²) >= 11 is 0. The Morgan fingerprint density at radius 3 is 2.35 bits per heavy atom. The smallest absolute Gasteiger partial charge is 0.417 e. The van der Waals surface area contributed by atoms with Gasteiger partial charge in [-0.05, 0) is 47.9 Å². The van der Waals surface area contributed by atoms with Crippen LogP contribution in [0.4, 0.5) is 13.2 Å². The number of ether oxygens (including phenoxy) is 1. The normalized spacial score (nSPS) is 11.9. The largest absolute Gasteiger partial charge is 0.491 e. The van der Waals surface area contributed by atoms with Crippen LogP contribution in [0.5, 0.6) is 5.75 Å². The van der Waals surface area contributed by atoms with Gasteiger partial charge in [0.1, 0.15) is 12.4 Å². The van der Waals surface area contributed by atoms with Gasteiger partial charge in [0.05, 0.1) is 17.1 Å². The third-order valence-corrected chi connectivity index (χ3v) is 6.16. The number of sulfonamides is 1. The lowest BCUT2D eigenvalue weighted by atomic mass is 9.95. The second kappa shape index (κ2) is 9.96. The monoisotopic (exact) mass is 493 g/mol. The predicted octanol–water partition coefficient (Wildman–Crippen LogP) is 4.12. The third-order valence-electron chi connectivity index (χ3n) is 5.09. The molecule has 0 bridgehead atoms. The minimum Gasteiger partial charge on any atom is -0.491 e. The molecule has 34 heavy (non-hydrogen) atoms. The van der Waals surface area contributed by atoms with E-state index >= 15 is 0 Å². The highest BCUT2D eigenvalue weighted by Gasteiger charge is 2.34. The Balaban J connectivity index is 1.97. The molecular weight excluding hydrogens is 471 g/mol. The first kappa shape index (κ1) is 25.4. The molecule has 0 atom stereocenters. The van der Waals surface area contributed by atoms with Crippen molar-refractivity contribution in [3.8, 4) is 16.9 Å². The fraction of sp³-hybridized carbons (Fsp3) is 0.208. The van der Waals surface area contributed by atoms with E-state index in [2.05, 4.69) is 0 Å². The zero-order valence-electron chi connectivity index (χ0n) is 18.1. The minimum atomic E-state index is -4.60. The first-order valence-corrected chi connectivity index (χ1v) is 11.7. The zero-order chi connectivity index (χ0) is 25.1. The number of nitrogens with two attached hydrogens (primary N) is 1. The van der Waals surface area contributed by atoms with Gasteiger partial charge in [0, 0.05) is 17.5 Å². The van der Waals surface area contributed by atoms with Crippen molar-refractivity contribution in [1.29, 1.82) is 0 Å². The minimum absolute atomic E-state index is 0.0253. The molecule has 0 amide bonds. The highest BCUT2D eigenvalue weighted by molar-refractivity contribution is 7.89. The van der Waals surface area contributed by atoms with E-state index in [-0.39, 0.29) is 52.8 Å². The molecule has 3 aromatic rings. The maximum absolute atomic E-state index is 13.5. The van der Waals surface area contributed by atoms with Crippen LogP contribution in [0.2, 0.25) is 0 Å². The van der Waals surface area contributed by atoms with Gasteiger partial charge in [-0.15, -0.1) is 0 Å². The van der Waals surface area contributed by atoms with E-state index < -0.39 is 21.8 Å². The molecule has 0 radical (unpaired) electrons. The second-order valence-electron chi connectivity index (χ2n) is 7.57. The molecule has 3 N–H and O–H groups in total. The summed E-state index contributed by atoms with van der Waals surface area (Å²) in [5, 5.41) is 14.3. The fourth-order valence-electron chi connectivity index (χ4n) is 3.59. The molecule has 0 heterocycles. The Morgan fingerprint density at radius 1 is 1.03 bits per heavy atom. The Morgan fingerprint density at radius 2 is 1.74 bits per heavy atom. The summed E-state index contributed by atoms with van der Waals surface area (Å²) in [6, 6.07) is 13.5. The van der Waals surface area contributed by atoms with E-state index in [0.717, 1.165) is 6.07 Å². The number of primary sulfonamides is 1. The van der Waals surface area contributed by atoms with E-state index in [9.17, 15) is 26.4 Å². The Bertz CT molecular complexity index is 1320. The average Bonchev–Trinajstić information content (AvgIpc) is 2.76. The standard InChI is InChI=1S/C24H22F3NO5S/c1-15-12-16(6-9-23(15)34(28,31)32)13-21(30)17-7-8-19(22(14-17)33-11-10-29)18-4-2-3-5-20(18)24(25,26)27/h2-9,12,14,29H,10-11,13H2,1H3,(H2,28,31,32). The van der Waals surface area contributed by atoms with Crippen LogP contribution in [0.1, 0.15) is 27.0 Å². The van der Waals surface area contributed by atoms with E-state index in [1.165, 1.54) is 54.6 Å². The molecule has 0 saturated heterocycles. The molecule has 0 aromatic heterocycles. The summed E-state index contributed by atoms with van der Waals surface area (Å²) < 4.78 is 69.2. The van der Waals surface area contributed by atoms with Crippen molar-refractivity contribution in [3.63, 3.8) is 0 Å². The summed E-state index contributed by atoms with van der Waals surface area (Å²) in [5.74, 6) is -0.329. The number of aliphatic hydroxyl groups is 1. The topological polar surface area (TPSA) is 107 Å². The van der Waals surface area contributed by atoms with Crippen molar-refractivity contribution < 1.29 is 36.2 Å². The van der Waals surface area contributed by atoms with Gasteiger partial charge in [0.25, 0.3) is 0 Å². The van der Waals surface area contributed by atoms with Crippen molar-refractivity contribution in [2.24, 2.45) is 5.14 Å². The summed E-state index contributed by atoms with van der Waals surface area (Å²) in [6.07, 6.45) is -4.68. The van der Waals surface area contributed by atoms with E-state index in [4.69, 9.17) is 15.0 Å². The van der Waals surface area contributed by atoms with Gasteiger partial charge in [-0.2, -0.15) is 13.2 Å². The summed E-state index contributed by atoms with van der Waals surface area (Å²) in [5.41, 5.74) is 0.281. The van der Waals surface area contributed by atoms with Crippen LogP contribution in [-0.2, 0) is 22.6 Å². The highest BCUT2D eigenvalue weighted by atomic mass is 32.2. The van der Waals surface area contributed by atoms with Gasteiger partial charge in [0.15, 0.2) is 5.78 Å². The number of halogens is 3. The molecule has 0 saturated carbocycles. The molecule has 0 aliphatic carbocycles. The van der Waals surface area contributed by atoms with Gasteiger partial charge in [-0.25, -0.2) is 13.6 Å². The van der Waals surface area contributed by atoms with Crippen LogP contribution in [0.3, 0.4) is 0 Å². The van der Waals surface area contributed by atoms with Crippen LogP contribution in [0.25, 0.3) is 11.1 Å². The van der Waals surface area contributed by atoms with Crippen molar-refractivity contribution in [2.75, 3.05) is 13.2 Å². The van der Waals surface area contributed by atoms with E-state index in [0.29, 0.717) is 11.1 Å². The van der Waals surface area contributed by atoms with Crippen LogP contribution in [-0.4, -0.2) is 32.5 Å². The Kier molecular flexibility index (Phi) is 7.44. The summed E-state index contributed by atoms with van der Waals surface area (Å²) in [7, 11) is -3.89. The van der Waals surface area contributed by atoms with Crippen LogP contribution in [0.15, 0.2) is 65.6 Å². The van der Waals surface area contributed by atoms with Crippen molar-refractivity contribution in [3.05, 3.63) is 82.9 Å². The SMILES string of the molecule is Cc1cc(CC(=O)c2ccc(-c3ccccc3C(F)(F)F)c(OCCO)c2)ccc1S(N)(=O)=O. The van der Waals surface area contributed by atoms with Gasteiger partial charge >= 0.3 is 6.18 Å². The average molecular weight is 494 g/mol. The fourth-order valence-corrected chi connectivity index (χ4v) is 4.35. The Hall–Kier alpha value is -3.21. The number of ketones is 1. The molecule has 0 aliphatic rings. The molecule has 6 nitrogen and oxygen atoms in total. The van der Waals surface area contributed by atoms with Crippen molar-refractivity contribution in [1.82, 2.24) is 0 Å². The molecule has 180 valence electrons. The Labute approximate surface area is 194 Å². The van der Waals surface area contributed by atoms with Gasteiger partial charge in [0.2, 0.25) is 10.0 Å². The van der Waals surface area contributed by atoms with Crippen molar-refractivity contribution >= 4 is 15.8 Å². The number of hydrogen-bond donors (Lipinski definition) is 2. The lowest BCUT2D eigenvalue weighted by molar-refractivity contribution is -0.137. The van der Waals surface area contributed by atoms with Crippen LogP contribution >= 0.6 is 0 Å². The van der Waals surface area contributed by atoms with Gasteiger partial charge in [-0.1, -0.05) is 36.4 Å². The lowest BCUT2D eigenvalue weighted by Crippen LogP contribution is -2.14. The zero-order valence-corrected chi connectivity index (χ0v) is 18.9. The van der Waals surface area contributed by atoms with Crippen molar-refractivity contribution in [2.45, 2.75) is 24.4 Å². The predicted molar refractivity (Wildman–Crippen MR) is 120 cm³/mol. The number of carbonyl (C=O) groups excluding carboxylic acids is 1. The highest BCUT2D eigenvalue weighted by Crippen LogP contribution is 2.40. The maximum Gasteiger partial charge on any atom is 0.417 e. The number of rotatable bonds is 8. The molecule has 10 heteroatoms. The molecule has 0 spiro atoms. The molecule has 3 aromatic carbocycles. The van der Waals surface area contributed by atoms with Crippen LogP contribution < -0.4 is 9.88 Å². The molecule has 0 fully saturated rings. The summed E-state index contributed by atoms with van der Waals surface area (Å²) in [4.78, 5) is 12.8. The first-order valence-electron chi connectivity index (χ1n) is 10.1. The molecule has 3 rings (SSSR count). The number of alkyl halides is 3. The quantitative estimate of drug-likeness (QED) is 0.459. The number of hydrogen-bond acceptors (Lipinski definition) is 5. The number of aliphatic hydroxyl groups excluding tert-OH is 1. The number of Topliss-reactive ketones (excluding diaryl/α,β-unsaturated/α-hetero) is 1.